The number of aromatic nitrogens is 3. The third kappa shape index (κ3) is 3.15. The number of nitrogens with zero attached hydrogens (tertiary/aromatic N) is 3. The van der Waals surface area contributed by atoms with Crippen LogP contribution in [0.3, 0.4) is 0 Å². The number of anilines is 1. The van der Waals surface area contributed by atoms with E-state index in [1.54, 1.807) is 28.6 Å². The number of thioether (sulfide) groups is 1. The quantitative estimate of drug-likeness (QED) is 0.758. The van der Waals surface area contributed by atoms with Crippen molar-refractivity contribution in [3.05, 3.63) is 35.5 Å². The van der Waals surface area contributed by atoms with E-state index in [0.717, 1.165) is 17.0 Å². The first kappa shape index (κ1) is 18.9. The lowest BCUT2D eigenvalue weighted by Crippen LogP contribution is -2.42. The van der Waals surface area contributed by atoms with Gasteiger partial charge in [-0.3, -0.25) is 4.79 Å². The van der Waals surface area contributed by atoms with Crippen molar-refractivity contribution in [1.82, 2.24) is 14.8 Å². The van der Waals surface area contributed by atoms with Gasteiger partial charge in [-0.15, -0.1) is 5.10 Å². The predicted octanol–water partition coefficient (Wildman–Crippen LogP) is 3.62. The minimum atomic E-state index is -0.379. The van der Waals surface area contributed by atoms with Gasteiger partial charge < -0.3 is 15.2 Å². The zero-order chi connectivity index (χ0) is 20.1. The molecule has 1 aliphatic heterocycles. The van der Waals surface area contributed by atoms with Crippen molar-refractivity contribution < 1.29 is 14.6 Å². The van der Waals surface area contributed by atoms with Crippen molar-refractivity contribution in [3.63, 3.8) is 0 Å². The largest absolute Gasteiger partial charge is 0.504 e. The lowest BCUT2D eigenvalue weighted by molar-refractivity contribution is -0.125. The second-order valence-electron chi connectivity index (χ2n) is 7.81. The highest BCUT2D eigenvalue weighted by atomic mass is 32.2. The summed E-state index contributed by atoms with van der Waals surface area (Å²) in [6.45, 7) is 6.17. The number of allylic oxidation sites excluding steroid dienone is 2. The number of carbonyl (C=O) groups excluding carboxylic acids is 1. The molecular formula is C20H24N4O3S. The number of benzene rings is 1. The standard InChI is InChI=1S/C20H24N4O3S/c1-5-28-19-22-18-21-12-9-20(2,3)10-14(26)16(12)17(24(18)23-19)11-6-7-13(25)15(8-11)27-4/h6-9,16-17,25H,5,10H2,1-4H3,(H,21,22,23)/t16-,17-/m1/s1. The maximum Gasteiger partial charge on any atom is 0.227 e. The number of phenols is 1. The van der Waals surface area contributed by atoms with Crippen LogP contribution in [0.15, 0.2) is 35.1 Å². The van der Waals surface area contributed by atoms with Crippen LogP contribution in [0.5, 0.6) is 11.5 Å². The van der Waals surface area contributed by atoms with Gasteiger partial charge in [0.25, 0.3) is 0 Å². The zero-order valence-corrected chi connectivity index (χ0v) is 17.2. The number of hydrogen-bond acceptors (Lipinski definition) is 7. The van der Waals surface area contributed by atoms with E-state index in [0.29, 0.717) is 23.3 Å². The summed E-state index contributed by atoms with van der Waals surface area (Å²) >= 11 is 1.56. The molecule has 2 aromatic rings. The van der Waals surface area contributed by atoms with Crippen LogP contribution in [0.1, 0.15) is 38.8 Å². The minimum absolute atomic E-state index is 0.0631. The van der Waals surface area contributed by atoms with Crippen LogP contribution in [0.4, 0.5) is 5.95 Å². The van der Waals surface area contributed by atoms with Gasteiger partial charge in [-0.25, -0.2) is 4.68 Å². The minimum Gasteiger partial charge on any atom is -0.504 e. The molecule has 8 heteroatoms. The lowest BCUT2D eigenvalue weighted by Gasteiger charge is -2.40. The number of hydrogen-bond donors (Lipinski definition) is 2. The molecule has 1 aliphatic carbocycles. The molecule has 1 aromatic carbocycles. The van der Waals surface area contributed by atoms with Gasteiger partial charge >= 0.3 is 0 Å². The molecule has 4 rings (SSSR count). The van der Waals surface area contributed by atoms with Gasteiger partial charge in [0.2, 0.25) is 11.1 Å². The summed E-state index contributed by atoms with van der Waals surface area (Å²) in [6.07, 6.45) is 2.60. The number of nitrogens with one attached hydrogen (secondary N) is 1. The number of rotatable bonds is 4. The van der Waals surface area contributed by atoms with Gasteiger partial charge in [-0.05, 0) is 28.9 Å². The fourth-order valence-electron chi connectivity index (χ4n) is 4.01. The molecular weight excluding hydrogens is 376 g/mol. The molecule has 28 heavy (non-hydrogen) atoms. The average Bonchev–Trinajstić information content (AvgIpc) is 3.01. The van der Waals surface area contributed by atoms with Gasteiger partial charge in [0.15, 0.2) is 11.5 Å². The lowest BCUT2D eigenvalue weighted by atomic mass is 9.72. The van der Waals surface area contributed by atoms with Crippen molar-refractivity contribution in [1.29, 1.82) is 0 Å². The maximum atomic E-state index is 13.2. The molecule has 1 aromatic heterocycles. The van der Waals surface area contributed by atoms with Crippen molar-refractivity contribution in [2.45, 2.75) is 38.4 Å². The molecule has 2 atom stereocenters. The number of fused-ring (bicyclic) bond motifs is 2. The fraction of sp³-hybridized carbons (Fsp3) is 0.450. The van der Waals surface area contributed by atoms with Gasteiger partial charge in [0.1, 0.15) is 5.78 Å². The molecule has 2 aliphatic rings. The molecule has 0 bridgehead atoms. The van der Waals surface area contributed by atoms with Crippen LogP contribution in [0.2, 0.25) is 0 Å². The highest BCUT2D eigenvalue weighted by Gasteiger charge is 2.45. The number of carbonyl (C=O) groups is 1. The van der Waals surface area contributed by atoms with Crippen molar-refractivity contribution in [3.8, 4) is 11.5 Å². The normalized spacial score (nSPS) is 22.7. The van der Waals surface area contributed by atoms with E-state index in [1.165, 1.54) is 7.11 Å². The van der Waals surface area contributed by atoms with E-state index in [2.05, 4.69) is 42.2 Å². The summed E-state index contributed by atoms with van der Waals surface area (Å²) in [6, 6.07) is 4.83. The third-order valence-corrected chi connectivity index (χ3v) is 5.84. The average molecular weight is 401 g/mol. The zero-order valence-electron chi connectivity index (χ0n) is 16.4. The molecule has 0 unspecified atom stereocenters. The van der Waals surface area contributed by atoms with Crippen molar-refractivity contribution >= 4 is 23.5 Å². The van der Waals surface area contributed by atoms with Crippen molar-refractivity contribution in [2.24, 2.45) is 11.3 Å². The second kappa shape index (κ2) is 6.84. The molecule has 0 amide bonds. The van der Waals surface area contributed by atoms with Crippen LogP contribution >= 0.6 is 11.8 Å². The first-order valence-electron chi connectivity index (χ1n) is 9.31. The molecule has 2 heterocycles. The number of Topliss-reactive ketones (excluding diaryl/α,β-unsaturated/α-hetero) is 1. The van der Waals surface area contributed by atoms with E-state index in [4.69, 9.17) is 4.74 Å². The van der Waals surface area contributed by atoms with Gasteiger partial charge in [0.05, 0.1) is 19.1 Å². The van der Waals surface area contributed by atoms with Gasteiger partial charge in [-0.1, -0.05) is 44.7 Å². The molecule has 0 radical (unpaired) electrons. The Morgan fingerprint density at radius 3 is 2.93 bits per heavy atom. The van der Waals surface area contributed by atoms with E-state index in [-0.39, 0.29) is 28.9 Å². The topological polar surface area (TPSA) is 89.3 Å². The Morgan fingerprint density at radius 2 is 2.21 bits per heavy atom. The van der Waals surface area contributed by atoms with Gasteiger partial charge in [-0.2, -0.15) is 4.98 Å². The highest BCUT2D eigenvalue weighted by Crippen LogP contribution is 2.46. The molecule has 0 spiro atoms. The smallest absolute Gasteiger partial charge is 0.227 e. The first-order chi connectivity index (χ1) is 13.3. The number of methoxy groups -OCH3 is 1. The summed E-state index contributed by atoms with van der Waals surface area (Å²) in [5, 5.41) is 18.7. The van der Waals surface area contributed by atoms with Crippen molar-refractivity contribution in [2.75, 3.05) is 18.2 Å². The van der Waals surface area contributed by atoms with E-state index in [9.17, 15) is 9.90 Å². The number of aromatic hydroxyl groups is 1. The van der Waals surface area contributed by atoms with Crippen LogP contribution in [-0.4, -0.2) is 38.5 Å². The highest BCUT2D eigenvalue weighted by molar-refractivity contribution is 7.99. The monoisotopic (exact) mass is 400 g/mol. The van der Waals surface area contributed by atoms with E-state index in [1.807, 2.05) is 6.07 Å². The number of ketones is 1. The summed E-state index contributed by atoms with van der Waals surface area (Å²) < 4.78 is 7.08. The first-order valence-corrected chi connectivity index (χ1v) is 10.3. The molecule has 0 saturated heterocycles. The summed E-state index contributed by atoms with van der Waals surface area (Å²) in [7, 11) is 1.51. The summed E-state index contributed by atoms with van der Waals surface area (Å²) in [5.74, 6) is 1.71. The van der Waals surface area contributed by atoms with Gasteiger partial charge in [0, 0.05) is 12.1 Å². The maximum absolute atomic E-state index is 13.2. The Balaban J connectivity index is 1.90. The fourth-order valence-corrected chi connectivity index (χ4v) is 4.56. The molecule has 7 nitrogen and oxygen atoms in total. The van der Waals surface area contributed by atoms with Crippen LogP contribution in [-0.2, 0) is 4.79 Å². The molecule has 2 N–H and O–H groups in total. The predicted molar refractivity (Wildman–Crippen MR) is 108 cm³/mol. The van der Waals surface area contributed by atoms with E-state index >= 15 is 0 Å². The third-order valence-electron chi connectivity index (χ3n) is 5.12. The Labute approximate surface area is 168 Å². The SMILES string of the molecule is CCSc1nc2n(n1)[C@H](c1ccc(O)c(OC)c1)[C@H]1C(=O)CC(C)(C)C=C1N2. The van der Waals surface area contributed by atoms with Crippen LogP contribution in [0.25, 0.3) is 0 Å². The molecule has 0 saturated carbocycles. The number of phenolic OH excluding ortho intramolecular Hbond substituents is 1. The summed E-state index contributed by atoms with van der Waals surface area (Å²) in [5.41, 5.74) is 1.50. The Bertz CT molecular complexity index is 966. The Kier molecular flexibility index (Phi) is 4.61. The van der Waals surface area contributed by atoms with E-state index < -0.39 is 0 Å². The second-order valence-corrected chi connectivity index (χ2v) is 9.04. The Morgan fingerprint density at radius 1 is 1.43 bits per heavy atom. The van der Waals surface area contributed by atoms with Crippen LogP contribution in [0, 0.1) is 11.3 Å². The Hall–Kier alpha value is -2.48. The molecule has 0 fully saturated rings. The molecule has 148 valence electrons. The number of ether oxygens (including phenoxy) is 1. The van der Waals surface area contributed by atoms with Crippen LogP contribution < -0.4 is 10.1 Å². The summed E-state index contributed by atoms with van der Waals surface area (Å²) in [4.78, 5) is 17.8.